The van der Waals surface area contributed by atoms with E-state index in [1.807, 2.05) is 11.4 Å². The standard InChI is InChI=1S/C12H17N3OS2/c1-12(2,3)13-6-10-14-15-11(18-10)9-5-8(16-4)7-17-9/h5,7,13H,6H2,1-4H3. The molecule has 0 aliphatic heterocycles. The van der Waals surface area contributed by atoms with Crippen molar-refractivity contribution in [1.82, 2.24) is 15.5 Å². The van der Waals surface area contributed by atoms with Crippen LogP contribution in [-0.4, -0.2) is 22.8 Å². The molecule has 2 rings (SSSR count). The minimum Gasteiger partial charge on any atom is -0.496 e. The monoisotopic (exact) mass is 283 g/mol. The van der Waals surface area contributed by atoms with Gasteiger partial charge in [-0.3, -0.25) is 0 Å². The molecule has 6 heteroatoms. The summed E-state index contributed by atoms with van der Waals surface area (Å²) in [4.78, 5) is 1.10. The van der Waals surface area contributed by atoms with Crippen LogP contribution in [0.15, 0.2) is 11.4 Å². The van der Waals surface area contributed by atoms with E-state index in [9.17, 15) is 0 Å². The highest BCUT2D eigenvalue weighted by molar-refractivity contribution is 7.20. The first-order valence-electron chi connectivity index (χ1n) is 5.68. The molecule has 0 aliphatic carbocycles. The van der Waals surface area contributed by atoms with Crippen LogP contribution in [0.4, 0.5) is 0 Å². The van der Waals surface area contributed by atoms with Crippen LogP contribution in [0, 0.1) is 0 Å². The number of rotatable bonds is 4. The summed E-state index contributed by atoms with van der Waals surface area (Å²) in [5.41, 5.74) is 0.0952. The Morgan fingerprint density at radius 1 is 1.33 bits per heavy atom. The van der Waals surface area contributed by atoms with Crippen LogP contribution in [0.2, 0.25) is 0 Å². The molecule has 0 unspecified atom stereocenters. The van der Waals surface area contributed by atoms with E-state index in [0.29, 0.717) is 0 Å². The Hall–Kier alpha value is -0.980. The van der Waals surface area contributed by atoms with Crippen molar-refractivity contribution in [1.29, 1.82) is 0 Å². The lowest BCUT2D eigenvalue weighted by atomic mass is 10.1. The fraction of sp³-hybridized carbons (Fsp3) is 0.500. The van der Waals surface area contributed by atoms with Gasteiger partial charge in [0.05, 0.1) is 18.5 Å². The lowest BCUT2D eigenvalue weighted by Gasteiger charge is -2.19. The Kier molecular flexibility index (Phi) is 3.99. The number of hydrogen-bond donors (Lipinski definition) is 1. The molecular formula is C12H17N3OS2. The fourth-order valence-corrected chi connectivity index (χ4v) is 3.00. The molecule has 0 bridgehead atoms. The Labute approximate surface area is 115 Å². The van der Waals surface area contributed by atoms with Crippen molar-refractivity contribution in [3.63, 3.8) is 0 Å². The van der Waals surface area contributed by atoms with Gasteiger partial charge in [-0.2, -0.15) is 0 Å². The molecule has 0 spiro atoms. The molecule has 0 saturated heterocycles. The van der Waals surface area contributed by atoms with Gasteiger partial charge in [-0.1, -0.05) is 11.3 Å². The van der Waals surface area contributed by atoms with Gasteiger partial charge in [0.1, 0.15) is 10.8 Å². The normalized spacial score (nSPS) is 11.8. The van der Waals surface area contributed by atoms with Crippen LogP contribution in [0.1, 0.15) is 25.8 Å². The minimum atomic E-state index is 0.0952. The molecule has 0 fully saturated rings. The van der Waals surface area contributed by atoms with Crippen molar-refractivity contribution >= 4 is 22.7 Å². The van der Waals surface area contributed by atoms with Gasteiger partial charge < -0.3 is 10.1 Å². The number of aromatic nitrogens is 2. The van der Waals surface area contributed by atoms with Crippen LogP contribution in [0.5, 0.6) is 5.75 Å². The topological polar surface area (TPSA) is 47.0 Å². The number of ether oxygens (including phenoxy) is 1. The Balaban J connectivity index is 2.06. The second-order valence-corrected chi connectivity index (χ2v) is 6.93. The van der Waals surface area contributed by atoms with Crippen LogP contribution in [0.3, 0.4) is 0 Å². The summed E-state index contributed by atoms with van der Waals surface area (Å²) < 4.78 is 5.17. The Morgan fingerprint density at radius 2 is 2.11 bits per heavy atom. The maximum absolute atomic E-state index is 5.17. The third kappa shape index (κ3) is 3.51. The van der Waals surface area contributed by atoms with Gasteiger partial charge in [-0.05, 0) is 20.8 Å². The van der Waals surface area contributed by atoms with E-state index in [-0.39, 0.29) is 5.54 Å². The molecule has 2 aromatic rings. The molecule has 2 aromatic heterocycles. The van der Waals surface area contributed by atoms with Crippen LogP contribution >= 0.6 is 22.7 Å². The summed E-state index contributed by atoms with van der Waals surface area (Å²) in [5.74, 6) is 0.875. The van der Waals surface area contributed by atoms with Gasteiger partial charge in [-0.15, -0.1) is 21.5 Å². The van der Waals surface area contributed by atoms with E-state index in [2.05, 4.69) is 36.3 Å². The zero-order valence-electron chi connectivity index (χ0n) is 11.0. The van der Waals surface area contributed by atoms with Crippen LogP contribution in [0.25, 0.3) is 9.88 Å². The quantitative estimate of drug-likeness (QED) is 0.936. The lowest BCUT2D eigenvalue weighted by Crippen LogP contribution is -2.35. The van der Waals surface area contributed by atoms with Crippen molar-refractivity contribution in [3.05, 3.63) is 16.5 Å². The molecule has 0 atom stereocenters. The van der Waals surface area contributed by atoms with E-state index < -0.39 is 0 Å². The molecule has 4 nitrogen and oxygen atoms in total. The highest BCUT2D eigenvalue weighted by Gasteiger charge is 2.13. The van der Waals surface area contributed by atoms with Crippen molar-refractivity contribution in [2.24, 2.45) is 0 Å². The summed E-state index contributed by atoms with van der Waals surface area (Å²) in [6, 6.07) is 1.99. The first-order chi connectivity index (χ1) is 8.48. The first kappa shape index (κ1) is 13.5. The highest BCUT2D eigenvalue weighted by atomic mass is 32.1. The zero-order chi connectivity index (χ0) is 13.2. The average molecular weight is 283 g/mol. The molecule has 2 heterocycles. The summed E-state index contributed by atoms with van der Waals surface area (Å²) in [6.45, 7) is 7.17. The molecule has 0 radical (unpaired) electrons. The van der Waals surface area contributed by atoms with Gasteiger partial charge in [0.2, 0.25) is 0 Å². The van der Waals surface area contributed by atoms with E-state index in [4.69, 9.17) is 4.74 Å². The van der Waals surface area contributed by atoms with Gasteiger partial charge in [0.15, 0.2) is 5.01 Å². The van der Waals surface area contributed by atoms with Crippen molar-refractivity contribution in [2.75, 3.05) is 7.11 Å². The molecule has 0 saturated carbocycles. The number of hydrogen-bond acceptors (Lipinski definition) is 6. The van der Waals surface area contributed by atoms with Gasteiger partial charge in [0, 0.05) is 17.0 Å². The third-order valence-electron chi connectivity index (χ3n) is 2.26. The highest BCUT2D eigenvalue weighted by Crippen LogP contribution is 2.32. The fourth-order valence-electron chi connectivity index (χ4n) is 1.30. The lowest BCUT2D eigenvalue weighted by molar-refractivity contribution is 0.417. The minimum absolute atomic E-state index is 0.0952. The van der Waals surface area contributed by atoms with Gasteiger partial charge in [-0.25, -0.2) is 0 Å². The summed E-state index contributed by atoms with van der Waals surface area (Å²) in [7, 11) is 1.67. The smallest absolute Gasteiger partial charge is 0.157 e. The van der Waals surface area contributed by atoms with Crippen molar-refractivity contribution < 1.29 is 4.74 Å². The predicted octanol–water partition coefficient (Wildman–Crippen LogP) is 3.16. The molecule has 98 valence electrons. The van der Waals surface area contributed by atoms with E-state index in [1.165, 1.54) is 0 Å². The Bertz CT molecular complexity index is 513. The zero-order valence-corrected chi connectivity index (χ0v) is 12.6. The Morgan fingerprint density at radius 3 is 2.72 bits per heavy atom. The van der Waals surface area contributed by atoms with E-state index in [1.54, 1.807) is 29.8 Å². The van der Waals surface area contributed by atoms with Crippen LogP contribution < -0.4 is 10.1 Å². The van der Waals surface area contributed by atoms with Crippen molar-refractivity contribution in [3.8, 4) is 15.6 Å². The maximum atomic E-state index is 5.17. The molecule has 18 heavy (non-hydrogen) atoms. The van der Waals surface area contributed by atoms with Gasteiger partial charge in [0.25, 0.3) is 0 Å². The summed E-state index contributed by atoms with van der Waals surface area (Å²) in [5, 5.41) is 15.8. The third-order valence-corrected chi connectivity index (χ3v) is 4.26. The first-order valence-corrected chi connectivity index (χ1v) is 7.38. The number of nitrogens with zero attached hydrogens (tertiary/aromatic N) is 2. The predicted molar refractivity (Wildman–Crippen MR) is 76.4 cm³/mol. The maximum Gasteiger partial charge on any atom is 0.157 e. The van der Waals surface area contributed by atoms with E-state index in [0.717, 1.165) is 27.2 Å². The SMILES string of the molecule is COc1csc(-c2nnc(CNC(C)(C)C)s2)c1. The molecular weight excluding hydrogens is 266 g/mol. The molecule has 0 aliphatic rings. The largest absolute Gasteiger partial charge is 0.496 e. The van der Waals surface area contributed by atoms with Crippen LogP contribution in [-0.2, 0) is 6.54 Å². The number of thiophene rings is 1. The summed E-state index contributed by atoms with van der Waals surface area (Å²) in [6.07, 6.45) is 0. The number of nitrogens with one attached hydrogen (secondary N) is 1. The number of methoxy groups -OCH3 is 1. The molecule has 0 aromatic carbocycles. The second kappa shape index (κ2) is 5.34. The summed E-state index contributed by atoms with van der Waals surface area (Å²) >= 11 is 3.25. The molecule has 0 amide bonds. The second-order valence-electron chi connectivity index (χ2n) is 4.96. The van der Waals surface area contributed by atoms with Gasteiger partial charge >= 0.3 is 0 Å². The molecule has 1 N–H and O–H groups in total. The average Bonchev–Trinajstić information content (AvgIpc) is 2.94. The van der Waals surface area contributed by atoms with E-state index >= 15 is 0 Å². The van der Waals surface area contributed by atoms with Crippen molar-refractivity contribution in [2.45, 2.75) is 32.9 Å².